The second-order valence-electron chi connectivity index (χ2n) is 4.49. The van der Waals surface area contributed by atoms with Crippen molar-refractivity contribution < 1.29 is 19.9 Å². The Kier molecular flexibility index (Phi) is 6.18. The smallest absolute Gasteiger partial charge is 0.269 e. The lowest BCUT2D eigenvalue weighted by molar-refractivity contribution is -0.384. The van der Waals surface area contributed by atoms with Crippen LogP contribution in [0.4, 0.5) is 5.69 Å². The molecule has 21 heavy (non-hydrogen) atoms. The normalized spacial score (nSPS) is 15.0. The fourth-order valence-electron chi connectivity index (χ4n) is 1.58. The number of nitrogens with two attached hydrogens (primary N) is 2. The molecule has 1 amide bonds. The van der Waals surface area contributed by atoms with E-state index in [0.29, 0.717) is 5.56 Å². The largest absolute Gasteiger partial charge is 0.394 e. The molecule has 1 rings (SSSR count). The molecule has 0 radical (unpaired) electrons. The molecule has 0 aromatic heterocycles. The maximum absolute atomic E-state index is 11.3. The van der Waals surface area contributed by atoms with Crippen molar-refractivity contribution in [2.45, 2.75) is 18.2 Å². The highest BCUT2D eigenvalue weighted by Crippen LogP contribution is 2.19. The number of nitrogens with zero attached hydrogens (tertiary/aromatic N) is 1. The van der Waals surface area contributed by atoms with Gasteiger partial charge in [-0.15, -0.1) is 0 Å². The average Bonchev–Trinajstić information content (AvgIpc) is 2.50. The highest BCUT2D eigenvalue weighted by atomic mass is 16.6. The molecule has 0 unspecified atom stereocenters. The van der Waals surface area contributed by atoms with Gasteiger partial charge < -0.3 is 27.0 Å². The third-order valence-electron chi connectivity index (χ3n) is 2.90. The zero-order chi connectivity index (χ0) is 16.0. The summed E-state index contributed by atoms with van der Waals surface area (Å²) in [6.07, 6.45) is -1.10. The summed E-state index contributed by atoms with van der Waals surface area (Å²) in [5.74, 6) is -0.580. The lowest BCUT2D eigenvalue weighted by Gasteiger charge is -2.20. The molecule has 0 spiro atoms. The van der Waals surface area contributed by atoms with Gasteiger partial charge in [0.2, 0.25) is 5.91 Å². The molecular formula is C12H18N4O5. The number of benzene rings is 1. The van der Waals surface area contributed by atoms with E-state index in [1.807, 2.05) is 0 Å². The van der Waals surface area contributed by atoms with Gasteiger partial charge in [-0.2, -0.15) is 0 Å². The number of nitrogens with one attached hydrogen (secondary N) is 1. The van der Waals surface area contributed by atoms with Gasteiger partial charge in [0.15, 0.2) is 0 Å². The summed E-state index contributed by atoms with van der Waals surface area (Å²) < 4.78 is 0. The van der Waals surface area contributed by atoms with Gasteiger partial charge in [0.05, 0.1) is 23.7 Å². The summed E-state index contributed by atoms with van der Waals surface area (Å²) in [7, 11) is 0. The first-order valence-electron chi connectivity index (χ1n) is 6.19. The molecule has 3 atom stereocenters. The minimum Gasteiger partial charge on any atom is -0.394 e. The van der Waals surface area contributed by atoms with Crippen LogP contribution < -0.4 is 16.8 Å². The number of hydrogen-bond acceptors (Lipinski definition) is 7. The number of non-ortho nitro benzene ring substituents is 1. The van der Waals surface area contributed by atoms with E-state index < -0.39 is 35.6 Å². The molecule has 9 heteroatoms. The number of nitro groups is 1. The van der Waals surface area contributed by atoms with Crippen LogP contribution in [0.3, 0.4) is 0 Å². The molecule has 0 aliphatic heterocycles. The molecule has 7 N–H and O–H groups in total. The van der Waals surface area contributed by atoms with Crippen LogP contribution in [0.5, 0.6) is 0 Å². The first-order valence-corrected chi connectivity index (χ1v) is 6.19. The Labute approximate surface area is 120 Å². The van der Waals surface area contributed by atoms with Gasteiger partial charge in [-0.1, -0.05) is 0 Å². The number of aliphatic hydroxyl groups excluding tert-OH is 2. The van der Waals surface area contributed by atoms with Crippen molar-refractivity contribution >= 4 is 11.6 Å². The Bertz CT molecular complexity index is 493. The minimum atomic E-state index is -1.10. The number of carbonyl (C=O) groups is 1. The molecular weight excluding hydrogens is 280 g/mol. The summed E-state index contributed by atoms with van der Waals surface area (Å²) in [6, 6.07) is 3.43. The third kappa shape index (κ3) is 4.76. The maximum Gasteiger partial charge on any atom is 0.269 e. The standard InChI is InChI=1S/C12H18N4O5/c13-9(5-15-12(19)10(14)6-17)11(18)7-1-3-8(4-2-7)16(20)21/h1-4,9-11,17-18H,5-6,13-14H2,(H,15,19)/t9-,10-,11-/m0/s1. The van der Waals surface area contributed by atoms with Crippen molar-refractivity contribution in [2.24, 2.45) is 11.5 Å². The van der Waals surface area contributed by atoms with Crippen molar-refractivity contribution in [3.8, 4) is 0 Å². The summed E-state index contributed by atoms with van der Waals surface area (Å²) >= 11 is 0. The van der Waals surface area contributed by atoms with Gasteiger partial charge >= 0.3 is 0 Å². The van der Waals surface area contributed by atoms with Crippen LogP contribution in [0.1, 0.15) is 11.7 Å². The molecule has 0 bridgehead atoms. The van der Waals surface area contributed by atoms with Crippen LogP contribution in [-0.4, -0.2) is 46.3 Å². The molecule has 0 aliphatic rings. The molecule has 0 saturated carbocycles. The molecule has 9 nitrogen and oxygen atoms in total. The van der Waals surface area contributed by atoms with Crippen molar-refractivity contribution in [1.29, 1.82) is 0 Å². The fraction of sp³-hybridized carbons (Fsp3) is 0.417. The molecule has 0 saturated heterocycles. The summed E-state index contributed by atoms with van der Waals surface area (Å²) in [5, 5.41) is 31.6. The van der Waals surface area contributed by atoms with Gasteiger partial charge in [-0.25, -0.2) is 0 Å². The van der Waals surface area contributed by atoms with Crippen LogP contribution in [-0.2, 0) is 4.79 Å². The van der Waals surface area contributed by atoms with Gasteiger partial charge in [-0.05, 0) is 17.7 Å². The van der Waals surface area contributed by atoms with Crippen LogP contribution in [0, 0.1) is 10.1 Å². The van der Waals surface area contributed by atoms with Crippen LogP contribution >= 0.6 is 0 Å². The van der Waals surface area contributed by atoms with E-state index in [9.17, 15) is 20.0 Å². The molecule has 116 valence electrons. The number of nitro benzene ring substituents is 1. The zero-order valence-corrected chi connectivity index (χ0v) is 11.2. The number of carbonyl (C=O) groups excluding carboxylic acids is 1. The Morgan fingerprint density at radius 2 is 1.90 bits per heavy atom. The van der Waals surface area contributed by atoms with E-state index in [4.69, 9.17) is 16.6 Å². The van der Waals surface area contributed by atoms with Crippen molar-refractivity contribution in [1.82, 2.24) is 5.32 Å². The number of hydrogen-bond donors (Lipinski definition) is 5. The van der Waals surface area contributed by atoms with Gasteiger partial charge in [0.1, 0.15) is 6.04 Å². The van der Waals surface area contributed by atoms with E-state index in [2.05, 4.69) is 5.32 Å². The number of amides is 1. The van der Waals surface area contributed by atoms with Crippen molar-refractivity contribution in [3.05, 3.63) is 39.9 Å². The van der Waals surface area contributed by atoms with Crippen molar-refractivity contribution in [2.75, 3.05) is 13.2 Å². The summed E-state index contributed by atoms with van der Waals surface area (Å²) in [5.41, 5.74) is 11.3. The Morgan fingerprint density at radius 1 is 1.33 bits per heavy atom. The predicted octanol–water partition coefficient (Wildman–Crippen LogP) is -1.61. The second kappa shape index (κ2) is 7.64. The zero-order valence-electron chi connectivity index (χ0n) is 11.2. The van der Waals surface area contributed by atoms with E-state index in [1.165, 1.54) is 24.3 Å². The highest BCUT2D eigenvalue weighted by Gasteiger charge is 2.20. The average molecular weight is 298 g/mol. The third-order valence-corrected chi connectivity index (χ3v) is 2.90. The fourth-order valence-corrected chi connectivity index (χ4v) is 1.58. The first-order chi connectivity index (χ1) is 9.86. The lowest BCUT2D eigenvalue weighted by Crippen LogP contribution is -2.48. The van der Waals surface area contributed by atoms with Crippen LogP contribution in [0.2, 0.25) is 0 Å². The summed E-state index contributed by atoms with van der Waals surface area (Å²) in [4.78, 5) is 21.3. The van der Waals surface area contributed by atoms with E-state index >= 15 is 0 Å². The monoisotopic (exact) mass is 298 g/mol. The number of rotatable bonds is 7. The van der Waals surface area contributed by atoms with Crippen LogP contribution in [0.15, 0.2) is 24.3 Å². The SMILES string of the molecule is N[C@@H](CO)C(=O)NC[C@H](N)[C@@H](O)c1ccc([N+](=O)[O-])cc1. The van der Waals surface area contributed by atoms with E-state index in [0.717, 1.165) is 0 Å². The molecule has 0 fully saturated rings. The van der Waals surface area contributed by atoms with Gasteiger partial charge in [-0.3, -0.25) is 14.9 Å². The molecule has 0 heterocycles. The quantitative estimate of drug-likeness (QED) is 0.298. The molecule has 0 aliphatic carbocycles. The second-order valence-corrected chi connectivity index (χ2v) is 4.49. The topological polar surface area (TPSA) is 165 Å². The van der Waals surface area contributed by atoms with Gasteiger partial charge in [0, 0.05) is 18.7 Å². The molecule has 1 aromatic carbocycles. The Hall–Kier alpha value is -2.07. The van der Waals surface area contributed by atoms with E-state index in [-0.39, 0.29) is 12.2 Å². The predicted molar refractivity (Wildman–Crippen MR) is 74.1 cm³/mol. The van der Waals surface area contributed by atoms with Crippen molar-refractivity contribution in [3.63, 3.8) is 0 Å². The van der Waals surface area contributed by atoms with Crippen LogP contribution in [0.25, 0.3) is 0 Å². The van der Waals surface area contributed by atoms with Gasteiger partial charge in [0.25, 0.3) is 5.69 Å². The Balaban J connectivity index is 2.59. The minimum absolute atomic E-state index is 0.0509. The Morgan fingerprint density at radius 3 is 2.38 bits per heavy atom. The maximum atomic E-state index is 11.3. The van der Waals surface area contributed by atoms with E-state index in [1.54, 1.807) is 0 Å². The first kappa shape index (κ1) is 17.0. The lowest BCUT2D eigenvalue weighted by atomic mass is 10.0. The highest BCUT2D eigenvalue weighted by molar-refractivity contribution is 5.81. The summed E-state index contributed by atoms with van der Waals surface area (Å²) in [6.45, 7) is -0.545. The molecule has 1 aromatic rings. The number of aliphatic hydroxyl groups is 2.